The third-order valence-electron chi connectivity index (χ3n) is 1.88. The number of aliphatic hydroxyl groups is 1. The van der Waals surface area contributed by atoms with E-state index in [1.54, 1.807) is 0 Å². The topological polar surface area (TPSA) is 37.3 Å². The van der Waals surface area contributed by atoms with Crippen molar-refractivity contribution in [3.63, 3.8) is 0 Å². The van der Waals surface area contributed by atoms with Crippen LogP contribution in [0.1, 0.15) is 25.7 Å². The van der Waals surface area contributed by atoms with Crippen LogP contribution in [0.2, 0.25) is 0 Å². The lowest BCUT2D eigenvalue weighted by molar-refractivity contribution is -0.113. The Hall–Kier alpha value is -0.370. The van der Waals surface area contributed by atoms with Crippen molar-refractivity contribution in [1.82, 2.24) is 0 Å². The van der Waals surface area contributed by atoms with Crippen LogP contribution in [0.5, 0.6) is 0 Å². The summed E-state index contributed by atoms with van der Waals surface area (Å²) in [7, 11) is 0. The molecule has 0 aromatic carbocycles. The summed E-state index contributed by atoms with van der Waals surface area (Å²) in [6, 6.07) is 0. The average molecular weight is 128 g/mol. The summed E-state index contributed by atoms with van der Waals surface area (Å²) in [5, 5.41) is 9.05. The maximum absolute atomic E-state index is 10.2. The first-order valence-electron chi connectivity index (χ1n) is 3.46. The molecule has 52 valence electrons. The van der Waals surface area contributed by atoms with Gasteiger partial charge in [-0.1, -0.05) is 6.42 Å². The summed E-state index contributed by atoms with van der Waals surface area (Å²) in [5.74, 6) is 0.133. The molecular formula is C7H12O2. The van der Waals surface area contributed by atoms with Gasteiger partial charge in [-0.3, -0.25) is 0 Å². The Balaban J connectivity index is 2.31. The van der Waals surface area contributed by atoms with Gasteiger partial charge in [0.05, 0.1) is 6.10 Å². The van der Waals surface area contributed by atoms with Crippen LogP contribution in [0.15, 0.2) is 0 Å². The molecule has 0 aliphatic heterocycles. The molecule has 1 saturated carbocycles. The minimum absolute atomic E-state index is 0.133. The molecule has 0 saturated heterocycles. The smallest absolute Gasteiger partial charge is 0.123 e. The maximum atomic E-state index is 10.2. The Morgan fingerprint density at radius 2 is 2.22 bits per heavy atom. The summed E-state index contributed by atoms with van der Waals surface area (Å²) < 4.78 is 0. The summed E-state index contributed by atoms with van der Waals surface area (Å²) >= 11 is 0. The Bertz CT molecular complexity index is 101. The van der Waals surface area contributed by atoms with E-state index < -0.39 is 0 Å². The van der Waals surface area contributed by atoms with Gasteiger partial charge >= 0.3 is 0 Å². The number of aliphatic hydroxyl groups excluding tert-OH is 1. The van der Waals surface area contributed by atoms with E-state index in [0.717, 1.165) is 25.5 Å². The molecule has 2 heteroatoms. The molecule has 1 aliphatic carbocycles. The molecule has 0 aromatic rings. The fraction of sp³-hybridized carbons (Fsp3) is 0.857. The molecule has 1 aliphatic rings. The van der Waals surface area contributed by atoms with Crippen molar-refractivity contribution in [3.8, 4) is 0 Å². The summed E-state index contributed by atoms with van der Waals surface area (Å²) in [6.45, 7) is 0. The van der Waals surface area contributed by atoms with E-state index in [1.807, 2.05) is 0 Å². The second-order valence-electron chi connectivity index (χ2n) is 2.72. The molecule has 0 aromatic heterocycles. The molecule has 2 nitrogen and oxygen atoms in total. The van der Waals surface area contributed by atoms with Crippen LogP contribution in [-0.4, -0.2) is 17.5 Å². The molecule has 9 heavy (non-hydrogen) atoms. The number of carbonyl (C=O) groups is 1. The highest BCUT2D eigenvalue weighted by atomic mass is 16.3. The molecule has 0 bridgehead atoms. The van der Waals surface area contributed by atoms with Crippen molar-refractivity contribution < 1.29 is 9.90 Å². The van der Waals surface area contributed by atoms with Crippen LogP contribution in [0, 0.1) is 5.92 Å². The van der Waals surface area contributed by atoms with Crippen LogP contribution >= 0.6 is 0 Å². The van der Waals surface area contributed by atoms with Gasteiger partial charge in [-0.25, -0.2) is 0 Å². The first-order valence-corrected chi connectivity index (χ1v) is 3.46. The van der Waals surface area contributed by atoms with E-state index in [0.29, 0.717) is 6.42 Å². The van der Waals surface area contributed by atoms with Crippen LogP contribution in [0.3, 0.4) is 0 Å². The number of hydrogen-bond acceptors (Lipinski definition) is 2. The predicted molar refractivity (Wildman–Crippen MR) is 34.0 cm³/mol. The number of rotatable bonds is 1. The van der Waals surface area contributed by atoms with Gasteiger partial charge in [0.1, 0.15) is 6.29 Å². The Kier molecular flexibility index (Phi) is 2.22. The summed E-state index contributed by atoms with van der Waals surface area (Å²) in [5.41, 5.74) is 0. The van der Waals surface area contributed by atoms with E-state index in [-0.39, 0.29) is 12.0 Å². The SMILES string of the molecule is O=C[C@H]1CCC[C@@H](O)C1. The maximum Gasteiger partial charge on any atom is 0.123 e. The van der Waals surface area contributed by atoms with Gasteiger partial charge < -0.3 is 9.90 Å². The number of hydrogen-bond donors (Lipinski definition) is 1. The Morgan fingerprint density at radius 1 is 1.44 bits per heavy atom. The van der Waals surface area contributed by atoms with Crippen molar-refractivity contribution in [1.29, 1.82) is 0 Å². The lowest BCUT2D eigenvalue weighted by Crippen LogP contribution is -2.19. The average Bonchev–Trinajstić information content (AvgIpc) is 1.88. The van der Waals surface area contributed by atoms with Gasteiger partial charge in [0.2, 0.25) is 0 Å². The molecule has 0 amide bonds. The molecule has 2 atom stereocenters. The van der Waals surface area contributed by atoms with E-state index in [9.17, 15) is 4.79 Å². The van der Waals surface area contributed by atoms with Crippen molar-refractivity contribution in [2.75, 3.05) is 0 Å². The van der Waals surface area contributed by atoms with Gasteiger partial charge in [0.25, 0.3) is 0 Å². The Labute approximate surface area is 54.9 Å². The van der Waals surface area contributed by atoms with Crippen LogP contribution in [0.25, 0.3) is 0 Å². The first-order chi connectivity index (χ1) is 4.33. The largest absolute Gasteiger partial charge is 0.393 e. The van der Waals surface area contributed by atoms with Gasteiger partial charge in [-0.05, 0) is 19.3 Å². The lowest BCUT2D eigenvalue weighted by Gasteiger charge is -2.20. The van der Waals surface area contributed by atoms with Gasteiger partial charge in [-0.15, -0.1) is 0 Å². The molecule has 1 fully saturated rings. The predicted octanol–water partition coefficient (Wildman–Crippen LogP) is 0.736. The zero-order valence-electron chi connectivity index (χ0n) is 5.42. The number of carbonyl (C=O) groups excluding carboxylic acids is 1. The number of aldehydes is 1. The van der Waals surface area contributed by atoms with Gasteiger partial charge in [0, 0.05) is 5.92 Å². The minimum Gasteiger partial charge on any atom is -0.393 e. The monoisotopic (exact) mass is 128 g/mol. The highest BCUT2D eigenvalue weighted by molar-refractivity contribution is 5.53. The highest BCUT2D eigenvalue weighted by Crippen LogP contribution is 2.21. The lowest BCUT2D eigenvalue weighted by atomic mass is 9.88. The van der Waals surface area contributed by atoms with Crippen LogP contribution in [0.4, 0.5) is 0 Å². The van der Waals surface area contributed by atoms with E-state index >= 15 is 0 Å². The van der Waals surface area contributed by atoms with E-state index in [1.165, 1.54) is 0 Å². The van der Waals surface area contributed by atoms with Gasteiger partial charge in [-0.2, -0.15) is 0 Å². The van der Waals surface area contributed by atoms with E-state index in [4.69, 9.17) is 5.11 Å². The molecular weight excluding hydrogens is 116 g/mol. The Morgan fingerprint density at radius 3 is 2.67 bits per heavy atom. The van der Waals surface area contributed by atoms with E-state index in [2.05, 4.69) is 0 Å². The minimum atomic E-state index is -0.214. The standard InChI is InChI=1S/C7H12O2/c8-5-6-2-1-3-7(9)4-6/h5-7,9H,1-4H2/t6-,7+/m0/s1. The fourth-order valence-electron chi connectivity index (χ4n) is 1.32. The summed E-state index contributed by atoms with van der Waals surface area (Å²) in [4.78, 5) is 10.2. The van der Waals surface area contributed by atoms with Crippen molar-refractivity contribution in [2.24, 2.45) is 5.92 Å². The molecule has 1 N–H and O–H groups in total. The summed E-state index contributed by atoms with van der Waals surface area (Å²) in [6.07, 6.45) is 4.29. The van der Waals surface area contributed by atoms with Crippen LogP contribution in [-0.2, 0) is 4.79 Å². The highest BCUT2D eigenvalue weighted by Gasteiger charge is 2.18. The first kappa shape index (κ1) is 6.75. The third-order valence-corrected chi connectivity index (χ3v) is 1.88. The molecule has 0 spiro atoms. The van der Waals surface area contributed by atoms with Crippen molar-refractivity contribution in [2.45, 2.75) is 31.8 Å². The quantitative estimate of drug-likeness (QED) is 0.529. The fourth-order valence-corrected chi connectivity index (χ4v) is 1.32. The zero-order valence-corrected chi connectivity index (χ0v) is 5.42. The normalized spacial score (nSPS) is 36.1. The second kappa shape index (κ2) is 2.97. The molecule has 1 rings (SSSR count). The van der Waals surface area contributed by atoms with Gasteiger partial charge in [0.15, 0.2) is 0 Å². The zero-order chi connectivity index (χ0) is 6.69. The molecule has 0 radical (unpaired) electrons. The second-order valence-corrected chi connectivity index (χ2v) is 2.72. The van der Waals surface area contributed by atoms with Crippen molar-refractivity contribution in [3.05, 3.63) is 0 Å². The molecule has 0 heterocycles. The van der Waals surface area contributed by atoms with Crippen LogP contribution < -0.4 is 0 Å². The van der Waals surface area contributed by atoms with Crippen molar-refractivity contribution >= 4 is 6.29 Å². The molecule has 0 unspecified atom stereocenters. The third kappa shape index (κ3) is 1.79.